The van der Waals surface area contributed by atoms with Gasteiger partial charge >= 0.3 is 0 Å². The Bertz CT molecular complexity index is 2070. The Morgan fingerprint density at radius 3 is 1.66 bits per heavy atom. The number of rotatable bonds is 5. The standard InChI is InChI=1S/C43H41N3O/c1-26-20-30(5)42(31(6)21-26)46-37-19-18-33(44)25-39(37)47-43-32(7)41(29(4)24-38(43)46)40-27(2)22-36(23-28(40)3)45(34-14-10-8-11-15-34)35-16-12-9-13-17-35/h8-25H,44H2,1-7H3. The Hall–Kier alpha value is -5.48. The molecule has 0 aromatic heterocycles. The summed E-state index contributed by atoms with van der Waals surface area (Å²) in [6.07, 6.45) is 0. The zero-order chi connectivity index (χ0) is 33.0. The van der Waals surface area contributed by atoms with Gasteiger partial charge in [0.25, 0.3) is 0 Å². The lowest BCUT2D eigenvalue weighted by Gasteiger charge is -2.37. The molecule has 0 aliphatic carbocycles. The van der Waals surface area contributed by atoms with Crippen LogP contribution in [0.15, 0.2) is 109 Å². The van der Waals surface area contributed by atoms with E-state index in [0.29, 0.717) is 5.69 Å². The molecule has 0 atom stereocenters. The highest BCUT2D eigenvalue weighted by atomic mass is 16.5. The van der Waals surface area contributed by atoms with Crippen LogP contribution in [0.2, 0.25) is 0 Å². The fourth-order valence-corrected chi connectivity index (χ4v) is 7.49. The molecule has 7 rings (SSSR count). The third-order valence-corrected chi connectivity index (χ3v) is 9.29. The van der Waals surface area contributed by atoms with Crippen LogP contribution in [0.1, 0.15) is 38.9 Å². The molecule has 6 aromatic carbocycles. The van der Waals surface area contributed by atoms with E-state index >= 15 is 0 Å². The van der Waals surface area contributed by atoms with E-state index in [0.717, 1.165) is 45.5 Å². The number of nitrogen functional groups attached to an aromatic ring is 1. The lowest BCUT2D eigenvalue weighted by molar-refractivity contribution is 0.473. The molecule has 1 aliphatic rings. The molecule has 0 radical (unpaired) electrons. The molecule has 2 N–H and O–H groups in total. The first-order chi connectivity index (χ1) is 22.6. The quantitative estimate of drug-likeness (QED) is 0.196. The van der Waals surface area contributed by atoms with E-state index in [2.05, 4.69) is 155 Å². The van der Waals surface area contributed by atoms with Crippen LogP contribution in [0.3, 0.4) is 0 Å². The monoisotopic (exact) mass is 615 g/mol. The largest absolute Gasteiger partial charge is 0.453 e. The van der Waals surface area contributed by atoms with E-state index in [9.17, 15) is 0 Å². The van der Waals surface area contributed by atoms with Crippen molar-refractivity contribution in [3.63, 3.8) is 0 Å². The van der Waals surface area contributed by atoms with Crippen LogP contribution in [-0.2, 0) is 0 Å². The van der Waals surface area contributed by atoms with Gasteiger partial charge in [-0.25, -0.2) is 0 Å². The summed E-state index contributed by atoms with van der Waals surface area (Å²) in [6.45, 7) is 15.4. The second-order valence-electron chi connectivity index (χ2n) is 12.9. The molecule has 0 bridgehead atoms. The number of nitrogens with zero attached hydrogens (tertiary/aromatic N) is 2. The summed E-state index contributed by atoms with van der Waals surface area (Å²) >= 11 is 0. The molecule has 234 valence electrons. The van der Waals surface area contributed by atoms with Gasteiger partial charge in [-0.05, 0) is 142 Å². The number of hydrogen-bond donors (Lipinski definition) is 1. The first kappa shape index (κ1) is 30.2. The third kappa shape index (κ3) is 5.20. The van der Waals surface area contributed by atoms with E-state index < -0.39 is 0 Å². The van der Waals surface area contributed by atoms with Gasteiger partial charge in [-0.15, -0.1) is 0 Å². The van der Waals surface area contributed by atoms with E-state index in [1.807, 2.05) is 12.1 Å². The SMILES string of the molecule is Cc1cc(C)c(N2c3ccc(N)cc3Oc3c2cc(C)c(-c2c(C)cc(N(c4ccccc4)c4ccccc4)cc2C)c3C)c(C)c1. The minimum atomic E-state index is 0.679. The van der Waals surface area contributed by atoms with Crippen molar-refractivity contribution in [3.8, 4) is 22.6 Å². The van der Waals surface area contributed by atoms with Gasteiger partial charge in [0.05, 0.1) is 17.1 Å². The second kappa shape index (κ2) is 11.7. The average molecular weight is 616 g/mol. The summed E-state index contributed by atoms with van der Waals surface area (Å²) in [6, 6.07) is 38.5. The van der Waals surface area contributed by atoms with E-state index in [4.69, 9.17) is 10.5 Å². The second-order valence-corrected chi connectivity index (χ2v) is 12.9. The predicted molar refractivity (Wildman–Crippen MR) is 199 cm³/mol. The van der Waals surface area contributed by atoms with E-state index in [1.165, 1.54) is 50.2 Å². The van der Waals surface area contributed by atoms with Crippen LogP contribution in [-0.4, -0.2) is 0 Å². The summed E-state index contributed by atoms with van der Waals surface area (Å²) in [4.78, 5) is 4.69. The normalized spacial score (nSPS) is 11.9. The van der Waals surface area contributed by atoms with Crippen molar-refractivity contribution in [3.05, 3.63) is 148 Å². The Kier molecular flexibility index (Phi) is 7.52. The maximum absolute atomic E-state index is 6.79. The van der Waals surface area contributed by atoms with Gasteiger partial charge in [-0.1, -0.05) is 54.1 Å². The summed E-state index contributed by atoms with van der Waals surface area (Å²) in [5, 5.41) is 0. The molecule has 47 heavy (non-hydrogen) atoms. The topological polar surface area (TPSA) is 41.7 Å². The number of ether oxygens (including phenoxy) is 1. The van der Waals surface area contributed by atoms with Gasteiger partial charge in [0.1, 0.15) is 0 Å². The summed E-state index contributed by atoms with van der Waals surface area (Å²) in [7, 11) is 0. The van der Waals surface area contributed by atoms with Crippen molar-refractivity contribution in [2.75, 3.05) is 15.5 Å². The third-order valence-electron chi connectivity index (χ3n) is 9.29. The highest BCUT2D eigenvalue weighted by Gasteiger charge is 2.32. The van der Waals surface area contributed by atoms with E-state index in [-0.39, 0.29) is 0 Å². The molecular formula is C43H41N3O. The molecule has 0 spiro atoms. The summed E-state index contributed by atoms with van der Waals surface area (Å²) in [5.74, 6) is 1.63. The van der Waals surface area contributed by atoms with Crippen LogP contribution in [0, 0.1) is 48.5 Å². The minimum Gasteiger partial charge on any atom is -0.453 e. The molecule has 1 aliphatic heterocycles. The van der Waals surface area contributed by atoms with Crippen LogP contribution in [0.25, 0.3) is 11.1 Å². The molecule has 4 nitrogen and oxygen atoms in total. The molecule has 4 heteroatoms. The zero-order valence-electron chi connectivity index (χ0n) is 28.3. The van der Waals surface area contributed by atoms with Crippen molar-refractivity contribution in [2.45, 2.75) is 48.5 Å². The van der Waals surface area contributed by atoms with Gasteiger partial charge < -0.3 is 20.3 Å². The van der Waals surface area contributed by atoms with Crippen molar-refractivity contribution in [2.24, 2.45) is 0 Å². The fraction of sp³-hybridized carbons (Fsp3) is 0.163. The maximum Gasteiger partial charge on any atom is 0.155 e. The van der Waals surface area contributed by atoms with E-state index in [1.54, 1.807) is 0 Å². The highest BCUT2D eigenvalue weighted by molar-refractivity contribution is 5.94. The summed E-state index contributed by atoms with van der Waals surface area (Å²) < 4.78 is 6.79. The number of aryl methyl sites for hydroxylation is 6. The Labute approximate surface area is 278 Å². The van der Waals surface area contributed by atoms with Gasteiger partial charge in [-0.3, -0.25) is 0 Å². The number of nitrogens with two attached hydrogens (primary N) is 1. The number of fused-ring (bicyclic) bond motifs is 2. The first-order valence-electron chi connectivity index (χ1n) is 16.2. The van der Waals surface area contributed by atoms with Crippen LogP contribution in [0.5, 0.6) is 11.5 Å². The van der Waals surface area contributed by atoms with Crippen molar-refractivity contribution >= 4 is 39.8 Å². The van der Waals surface area contributed by atoms with Crippen LogP contribution < -0.4 is 20.3 Å². The Morgan fingerprint density at radius 1 is 0.532 bits per heavy atom. The lowest BCUT2D eigenvalue weighted by atomic mass is 9.87. The molecule has 1 heterocycles. The fourth-order valence-electron chi connectivity index (χ4n) is 7.49. The van der Waals surface area contributed by atoms with Gasteiger partial charge in [0, 0.05) is 34.4 Å². The summed E-state index contributed by atoms with van der Waals surface area (Å²) in [5.41, 5.74) is 24.5. The Morgan fingerprint density at radius 2 is 1.09 bits per heavy atom. The molecule has 0 unspecified atom stereocenters. The first-order valence-corrected chi connectivity index (χ1v) is 16.2. The Balaban J connectivity index is 1.41. The molecule has 0 saturated heterocycles. The van der Waals surface area contributed by atoms with Gasteiger partial charge in [0.15, 0.2) is 11.5 Å². The molecule has 6 aromatic rings. The zero-order valence-corrected chi connectivity index (χ0v) is 28.3. The number of benzene rings is 6. The molecular weight excluding hydrogens is 574 g/mol. The van der Waals surface area contributed by atoms with Crippen LogP contribution in [0.4, 0.5) is 39.8 Å². The molecule has 0 fully saturated rings. The van der Waals surface area contributed by atoms with Crippen molar-refractivity contribution in [1.29, 1.82) is 0 Å². The number of anilines is 7. The maximum atomic E-state index is 6.79. The van der Waals surface area contributed by atoms with Gasteiger partial charge in [0.2, 0.25) is 0 Å². The lowest BCUT2D eigenvalue weighted by Crippen LogP contribution is -2.19. The molecule has 0 saturated carbocycles. The van der Waals surface area contributed by atoms with Crippen LogP contribution >= 0.6 is 0 Å². The average Bonchev–Trinajstić information content (AvgIpc) is 3.03. The van der Waals surface area contributed by atoms with Crippen molar-refractivity contribution in [1.82, 2.24) is 0 Å². The smallest absolute Gasteiger partial charge is 0.155 e. The predicted octanol–water partition coefficient (Wildman–Crippen LogP) is 12.1. The number of hydrogen-bond acceptors (Lipinski definition) is 4. The number of para-hydroxylation sites is 2. The van der Waals surface area contributed by atoms with Crippen molar-refractivity contribution < 1.29 is 4.74 Å². The minimum absolute atomic E-state index is 0.679. The molecule has 0 amide bonds. The highest BCUT2D eigenvalue weighted by Crippen LogP contribution is 2.56. The van der Waals surface area contributed by atoms with Gasteiger partial charge in [-0.2, -0.15) is 0 Å².